The van der Waals surface area contributed by atoms with Crippen LogP contribution in [0.25, 0.3) is 0 Å². The van der Waals surface area contributed by atoms with E-state index in [0.29, 0.717) is 17.2 Å². The maximum Gasteiger partial charge on any atom is 0.0101 e. The second-order valence-electron chi connectivity index (χ2n) is 3.15. The Morgan fingerprint density at radius 1 is 0.500 bits per heavy atom. The van der Waals surface area contributed by atoms with E-state index in [1.54, 1.807) is 0 Å². The van der Waals surface area contributed by atoms with Crippen molar-refractivity contribution in [1.82, 2.24) is 0 Å². The lowest BCUT2D eigenvalue weighted by Crippen LogP contribution is -2.16. The van der Waals surface area contributed by atoms with Crippen molar-refractivity contribution in [2.75, 3.05) is 0 Å². The molecule has 0 unspecified atom stereocenters. The first-order valence-corrected chi connectivity index (χ1v) is 8.55. The fourth-order valence-electron chi connectivity index (χ4n) is 1.32. The molecule has 2 heteroatoms. The van der Waals surface area contributed by atoms with Gasteiger partial charge >= 0.3 is 0 Å². The maximum atomic E-state index is 2.24. The van der Waals surface area contributed by atoms with Crippen LogP contribution in [0.2, 0.25) is 0 Å². The summed E-state index contributed by atoms with van der Waals surface area (Å²) in [5.74, 6) is 0. The zero-order valence-corrected chi connectivity index (χ0v) is 10.2. The van der Waals surface area contributed by atoms with Crippen LogP contribution in [-0.2, 0) is 0 Å². The van der Waals surface area contributed by atoms with Crippen LogP contribution in [-0.4, -0.2) is 17.2 Å². The van der Waals surface area contributed by atoms with E-state index in [-0.39, 0.29) is 0 Å². The van der Waals surface area contributed by atoms with Crippen molar-refractivity contribution < 1.29 is 0 Å². The monoisotopic (exact) mass is 212 g/mol. The van der Waals surface area contributed by atoms with E-state index < -0.39 is 0 Å². The molecule has 0 nitrogen and oxygen atoms in total. The van der Waals surface area contributed by atoms with Gasteiger partial charge in [0.05, 0.1) is 0 Å². The van der Waals surface area contributed by atoms with Gasteiger partial charge in [-0.15, -0.1) is 0 Å². The van der Waals surface area contributed by atoms with Gasteiger partial charge in [0.2, 0.25) is 0 Å². The van der Waals surface area contributed by atoms with E-state index in [1.165, 1.54) is 10.4 Å². The predicted octanol–water partition coefficient (Wildman–Crippen LogP) is 0.425. The number of hydrogen-bond acceptors (Lipinski definition) is 0. The first kappa shape index (κ1) is 9.43. The van der Waals surface area contributed by atoms with Crippen molar-refractivity contribution in [3.05, 3.63) is 60.7 Å². The zero-order valence-electron chi connectivity index (χ0n) is 7.93. The molecule has 0 fully saturated rings. The van der Waals surface area contributed by atoms with Gasteiger partial charge in [-0.05, 0) is 0 Å². The normalized spacial score (nSPS) is 10.6. The molecule has 0 aromatic heterocycles. The Morgan fingerprint density at radius 3 is 1.21 bits per heavy atom. The molecule has 0 heterocycles. The molecular weight excluding hydrogens is 200 g/mol. The molecule has 0 aliphatic heterocycles. The number of hydrogen-bond donors (Lipinski definition) is 0. The minimum atomic E-state index is 0.469. The minimum Gasteiger partial charge on any atom is -0.0623 e. The average molecular weight is 212 g/mol. The molecule has 68 valence electrons. The molecule has 0 radical (unpaired) electrons. The van der Waals surface area contributed by atoms with Crippen LogP contribution in [0.15, 0.2) is 60.7 Å². The smallest absolute Gasteiger partial charge is 0.0101 e. The average Bonchev–Trinajstić information content (AvgIpc) is 2.29. The second-order valence-corrected chi connectivity index (χ2v) is 7.15. The highest BCUT2D eigenvalue weighted by Gasteiger charge is 1.85. The van der Waals surface area contributed by atoms with Gasteiger partial charge in [0, 0.05) is 17.2 Å². The van der Waals surface area contributed by atoms with E-state index in [4.69, 9.17) is 0 Å². The van der Waals surface area contributed by atoms with Gasteiger partial charge < -0.3 is 0 Å². The van der Waals surface area contributed by atoms with E-state index in [1.807, 2.05) is 0 Å². The fourth-order valence-corrected chi connectivity index (χ4v) is 5.08. The highest BCUT2D eigenvalue weighted by atomic mass is 28.9. The summed E-state index contributed by atoms with van der Waals surface area (Å²) in [5.41, 5.74) is 0. The summed E-state index contributed by atoms with van der Waals surface area (Å²) >= 11 is 0. The Balaban J connectivity index is 2.16. The van der Waals surface area contributed by atoms with Crippen molar-refractivity contribution in [1.29, 1.82) is 0 Å². The molecule has 0 aliphatic carbocycles. The SMILES string of the molecule is c1ccc(/[SiH]=[SiH]/c2ccccc2)cc1. The van der Waals surface area contributed by atoms with Gasteiger partial charge in [-0.1, -0.05) is 71.0 Å². The second kappa shape index (κ2) is 4.93. The Morgan fingerprint density at radius 2 is 0.857 bits per heavy atom. The Bertz CT molecular complexity index is 365. The number of benzene rings is 2. The molecule has 2 aromatic carbocycles. The first-order chi connectivity index (χ1) is 6.95. The fraction of sp³-hybridized carbons (Fsp3) is 0. The highest BCUT2D eigenvalue weighted by Crippen LogP contribution is 1.80. The van der Waals surface area contributed by atoms with E-state index in [0.717, 1.165) is 0 Å². The summed E-state index contributed by atoms with van der Waals surface area (Å²) in [5, 5.41) is 3.07. The standard InChI is InChI=1S/C12H12Si2/c1-3-7-11(8-4-1)13-14-12-9-5-2-6-10-12/h1-10,13-14H/b14-13+. The molecular formula is C12H12Si2. The van der Waals surface area contributed by atoms with Gasteiger partial charge in [-0.2, -0.15) is 0 Å². The molecule has 14 heavy (non-hydrogen) atoms. The summed E-state index contributed by atoms with van der Waals surface area (Å²) in [4.78, 5) is 0. The lowest BCUT2D eigenvalue weighted by atomic mass is 10.4. The van der Waals surface area contributed by atoms with Crippen LogP contribution in [0.5, 0.6) is 0 Å². The summed E-state index contributed by atoms with van der Waals surface area (Å²) < 4.78 is 0. The number of rotatable bonds is 2. The molecule has 2 rings (SSSR count). The van der Waals surface area contributed by atoms with Gasteiger partial charge in [-0.25, -0.2) is 0 Å². The van der Waals surface area contributed by atoms with Crippen molar-refractivity contribution in [3.8, 4) is 0 Å². The topological polar surface area (TPSA) is 0 Å². The van der Waals surface area contributed by atoms with Gasteiger partial charge in [0.25, 0.3) is 0 Å². The van der Waals surface area contributed by atoms with Crippen LogP contribution in [0, 0.1) is 0 Å². The predicted molar refractivity (Wildman–Crippen MR) is 66.5 cm³/mol. The Kier molecular flexibility index (Phi) is 3.32. The van der Waals surface area contributed by atoms with Crippen LogP contribution < -0.4 is 10.4 Å². The largest absolute Gasteiger partial charge is 0.0623 e. The third-order valence-electron chi connectivity index (χ3n) is 2.07. The van der Waals surface area contributed by atoms with E-state index in [2.05, 4.69) is 60.7 Å². The lowest BCUT2D eigenvalue weighted by molar-refractivity contribution is 1.77. The van der Waals surface area contributed by atoms with E-state index in [9.17, 15) is 0 Å². The zero-order chi connectivity index (χ0) is 9.64. The molecule has 0 saturated heterocycles. The summed E-state index contributed by atoms with van der Waals surface area (Å²) in [6.07, 6.45) is 0. The van der Waals surface area contributed by atoms with Gasteiger partial charge in [0.1, 0.15) is 0 Å². The highest BCUT2D eigenvalue weighted by molar-refractivity contribution is 6.87. The Labute approximate surface area is 88.6 Å². The molecule has 0 spiro atoms. The maximum absolute atomic E-state index is 2.24. The van der Waals surface area contributed by atoms with Crippen LogP contribution in [0.4, 0.5) is 0 Å². The summed E-state index contributed by atoms with van der Waals surface area (Å²) in [6.45, 7) is 0. The van der Waals surface area contributed by atoms with E-state index >= 15 is 0 Å². The molecule has 0 amide bonds. The van der Waals surface area contributed by atoms with Crippen LogP contribution in [0.1, 0.15) is 0 Å². The van der Waals surface area contributed by atoms with Gasteiger partial charge in [0.15, 0.2) is 0 Å². The molecule has 0 atom stereocenters. The lowest BCUT2D eigenvalue weighted by Gasteiger charge is -1.92. The molecule has 0 N–H and O–H groups in total. The molecule has 0 aliphatic rings. The quantitative estimate of drug-likeness (QED) is 0.633. The van der Waals surface area contributed by atoms with Gasteiger partial charge in [-0.3, -0.25) is 0 Å². The third kappa shape index (κ3) is 2.68. The van der Waals surface area contributed by atoms with Crippen molar-refractivity contribution in [2.24, 2.45) is 0 Å². The molecule has 0 bridgehead atoms. The minimum absolute atomic E-state index is 0.469. The van der Waals surface area contributed by atoms with Crippen molar-refractivity contribution in [2.45, 2.75) is 0 Å². The first-order valence-electron chi connectivity index (χ1n) is 4.73. The molecule has 0 saturated carbocycles. The molecule has 2 aromatic rings. The van der Waals surface area contributed by atoms with Crippen molar-refractivity contribution >= 4 is 27.6 Å². The van der Waals surface area contributed by atoms with Crippen molar-refractivity contribution in [3.63, 3.8) is 0 Å². The van der Waals surface area contributed by atoms with Crippen LogP contribution in [0.3, 0.4) is 0 Å². The Hall–Kier alpha value is -1.13. The summed E-state index contributed by atoms with van der Waals surface area (Å²) in [7, 11) is 0.939. The van der Waals surface area contributed by atoms with Crippen LogP contribution >= 0.6 is 0 Å². The summed E-state index contributed by atoms with van der Waals surface area (Å²) in [6, 6.07) is 21.7. The third-order valence-corrected chi connectivity index (χ3v) is 6.58.